The van der Waals surface area contributed by atoms with Crippen molar-refractivity contribution in [2.75, 3.05) is 6.67 Å². The Bertz CT molecular complexity index is 177. The van der Waals surface area contributed by atoms with E-state index >= 15 is 0 Å². The normalized spacial score (nSPS) is 16.5. The number of unbranched alkanes of at least 4 members (excludes halogenated alkanes) is 2. The Morgan fingerprint density at radius 2 is 1.44 bits per heavy atom. The molecule has 0 nitrogen and oxygen atoms in total. The number of hydrogen-bond donors (Lipinski definition) is 0. The van der Waals surface area contributed by atoms with Crippen LogP contribution in [0, 0.1) is 5.92 Å². The molecule has 0 heterocycles. The second kappa shape index (κ2) is 6.96. The third kappa shape index (κ3) is 5.55. The van der Waals surface area contributed by atoms with E-state index in [1.54, 1.807) is 0 Å². The molecule has 2 atom stereocenters. The third-order valence-electron chi connectivity index (χ3n) is 2.15. The van der Waals surface area contributed by atoms with E-state index in [4.69, 9.17) is 0 Å². The van der Waals surface area contributed by atoms with E-state index in [1.165, 1.54) is 0 Å². The van der Waals surface area contributed by atoms with Crippen LogP contribution in [0.4, 0.5) is 30.7 Å². The van der Waals surface area contributed by atoms with Crippen molar-refractivity contribution >= 4 is 0 Å². The molecular formula is C9H13F7. The van der Waals surface area contributed by atoms with Crippen LogP contribution in [0.3, 0.4) is 0 Å². The molecule has 98 valence electrons. The van der Waals surface area contributed by atoms with E-state index in [9.17, 15) is 30.7 Å². The Hall–Kier alpha value is -0.490. The Labute approximate surface area is 88.8 Å². The highest BCUT2D eigenvalue weighted by Gasteiger charge is 2.50. The Balaban J connectivity index is 4.14. The summed E-state index contributed by atoms with van der Waals surface area (Å²) in [6, 6.07) is 0. The molecule has 0 aliphatic rings. The van der Waals surface area contributed by atoms with E-state index in [1.807, 2.05) is 0 Å². The van der Waals surface area contributed by atoms with Gasteiger partial charge in [0, 0.05) is 0 Å². The average Bonchev–Trinajstić information content (AvgIpc) is 2.09. The van der Waals surface area contributed by atoms with E-state index < -0.39 is 37.8 Å². The van der Waals surface area contributed by atoms with Crippen molar-refractivity contribution in [1.29, 1.82) is 0 Å². The minimum Gasteiger partial charge on any atom is -0.251 e. The Morgan fingerprint density at radius 3 is 1.81 bits per heavy atom. The predicted molar refractivity (Wildman–Crippen MR) is 44.9 cm³/mol. The maximum atomic E-state index is 12.9. The zero-order valence-electron chi connectivity index (χ0n) is 8.41. The molecule has 0 amide bonds. The first-order valence-electron chi connectivity index (χ1n) is 4.85. The van der Waals surface area contributed by atoms with E-state index in [0.717, 1.165) is 0 Å². The maximum Gasteiger partial charge on any atom is 0.400 e. The fourth-order valence-corrected chi connectivity index (χ4v) is 1.30. The summed E-state index contributed by atoms with van der Waals surface area (Å²) in [5.74, 6) is -3.24. The summed E-state index contributed by atoms with van der Waals surface area (Å²) in [5.41, 5.74) is 0. The van der Waals surface area contributed by atoms with Gasteiger partial charge in [0.05, 0.1) is 6.67 Å². The number of halogens is 7. The number of rotatable bonds is 7. The second-order valence-electron chi connectivity index (χ2n) is 3.46. The molecule has 7 heteroatoms. The first kappa shape index (κ1) is 15.5. The molecule has 0 aliphatic heterocycles. The van der Waals surface area contributed by atoms with Crippen molar-refractivity contribution in [3.05, 3.63) is 0 Å². The summed E-state index contributed by atoms with van der Waals surface area (Å²) in [6.45, 7) is -0.644. The SMILES string of the molecule is FCCCCCC(F)C(C(F)F)C(F)(F)F. The summed E-state index contributed by atoms with van der Waals surface area (Å²) < 4.78 is 84.6. The molecule has 2 unspecified atom stereocenters. The van der Waals surface area contributed by atoms with Gasteiger partial charge >= 0.3 is 6.18 Å². The van der Waals surface area contributed by atoms with E-state index in [-0.39, 0.29) is 19.3 Å². The fraction of sp³-hybridized carbons (Fsp3) is 1.00. The van der Waals surface area contributed by atoms with Gasteiger partial charge in [-0.1, -0.05) is 12.8 Å². The van der Waals surface area contributed by atoms with Crippen LogP contribution >= 0.6 is 0 Å². The summed E-state index contributed by atoms with van der Waals surface area (Å²) >= 11 is 0. The number of alkyl halides is 7. The molecule has 0 saturated heterocycles. The summed E-state index contributed by atoms with van der Waals surface area (Å²) in [7, 11) is 0. The second-order valence-corrected chi connectivity index (χ2v) is 3.46. The Kier molecular flexibility index (Phi) is 6.74. The topological polar surface area (TPSA) is 0 Å². The first-order valence-corrected chi connectivity index (χ1v) is 4.85. The van der Waals surface area contributed by atoms with Crippen LogP contribution in [-0.4, -0.2) is 25.4 Å². The van der Waals surface area contributed by atoms with Gasteiger partial charge in [-0.25, -0.2) is 13.2 Å². The molecule has 0 spiro atoms. The van der Waals surface area contributed by atoms with Gasteiger partial charge in [0.2, 0.25) is 0 Å². The van der Waals surface area contributed by atoms with Crippen LogP contribution < -0.4 is 0 Å². The smallest absolute Gasteiger partial charge is 0.251 e. The van der Waals surface area contributed by atoms with Crippen molar-refractivity contribution in [2.45, 2.75) is 44.5 Å². The van der Waals surface area contributed by atoms with Gasteiger partial charge in [-0.3, -0.25) is 4.39 Å². The van der Waals surface area contributed by atoms with Gasteiger partial charge in [-0.2, -0.15) is 13.2 Å². The maximum absolute atomic E-state index is 12.9. The molecule has 0 aliphatic carbocycles. The van der Waals surface area contributed by atoms with Crippen molar-refractivity contribution in [3.8, 4) is 0 Å². The van der Waals surface area contributed by atoms with Crippen LogP contribution in [0.1, 0.15) is 25.7 Å². The van der Waals surface area contributed by atoms with Crippen LogP contribution in [0.15, 0.2) is 0 Å². The van der Waals surface area contributed by atoms with Crippen LogP contribution in [0.5, 0.6) is 0 Å². The Morgan fingerprint density at radius 1 is 0.875 bits per heavy atom. The lowest BCUT2D eigenvalue weighted by Crippen LogP contribution is -2.37. The number of hydrogen-bond acceptors (Lipinski definition) is 0. The lowest BCUT2D eigenvalue weighted by molar-refractivity contribution is -0.224. The lowest BCUT2D eigenvalue weighted by atomic mass is 9.98. The first-order chi connectivity index (χ1) is 7.30. The third-order valence-corrected chi connectivity index (χ3v) is 2.15. The highest BCUT2D eigenvalue weighted by atomic mass is 19.4. The van der Waals surface area contributed by atoms with Gasteiger partial charge in [0.25, 0.3) is 6.43 Å². The molecular weight excluding hydrogens is 241 g/mol. The molecule has 0 aromatic rings. The average molecular weight is 254 g/mol. The standard InChI is InChI=1S/C9H13F7/c10-5-3-1-2-4-6(11)7(8(12)13)9(14,15)16/h6-8H,1-5H2. The molecule has 0 radical (unpaired) electrons. The molecule has 16 heavy (non-hydrogen) atoms. The highest BCUT2D eigenvalue weighted by molar-refractivity contribution is 4.78. The van der Waals surface area contributed by atoms with Crippen LogP contribution in [-0.2, 0) is 0 Å². The zero-order chi connectivity index (χ0) is 12.8. The lowest BCUT2D eigenvalue weighted by Gasteiger charge is -2.22. The molecule has 0 rings (SSSR count). The van der Waals surface area contributed by atoms with Gasteiger partial charge in [-0.15, -0.1) is 0 Å². The zero-order valence-corrected chi connectivity index (χ0v) is 8.41. The van der Waals surface area contributed by atoms with Crippen molar-refractivity contribution in [2.24, 2.45) is 5.92 Å². The highest BCUT2D eigenvalue weighted by Crippen LogP contribution is 2.36. The van der Waals surface area contributed by atoms with Gasteiger partial charge in [-0.05, 0) is 12.8 Å². The monoisotopic (exact) mass is 254 g/mol. The quantitative estimate of drug-likeness (QED) is 0.469. The van der Waals surface area contributed by atoms with Gasteiger partial charge < -0.3 is 0 Å². The van der Waals surface area contributed by atoms with Crippen LogP contribution in [0.25, 0.3) is 0 Å². The largest absolute Gasteiger partial charge is 0.400 e. The van der Waals surface area contributed by atoms with E-state index in [0.29, 0.717) is 0 Å². The van der Waals surface area contributed by atoms with Crippen molar-refractivity contribution < 1.29 is 30.7 Å². The molecule has 0 bridgehead atoms. The summed E-state index contributed by atoms with van der Waals surface area (Å²) in [5, 5.41) is 0. The minimum atomic E-state index is -5.24. The van der Waals surface area contributed by atoms with Crippen molar-refractivity contribution in [1.82, 2.24) is 0 Å². The molecule has 0 N–H and O–H groups in total. The predicted octanol–water partition coefficient (Wildman–Crippen LogP) is 4.30. The van der Waals surface area contributed by atoms with E-state index in [2.05, 4.69) is 0 Å². The minimum absolute atomic E-state index is 0.0234. The van der Waals surface area contributed by atoms with Gasteiger partial charge in [0.1, 0.15) is 12.1 Å². The van der Waals surface area contributed by atoms with Crippen LogP contribution in [0.2, 0.25) is 0 Å². The molecule has 0 aromatic heterocycles. The van der Waals surface area contributed by atoms with Gasteiger partial charge in [0.15, 0.2) is 0 Å². The molecule has 0 aromatic carbocycles. The molecule has 0 saturated carbocycles. The summed E-state index contributed by atoms with van der Waals surface area (Å²) in [6.07, 6.45) is -12.0. The fourth-order valence-electron chi connectivity index (χ4n) is 1.30. The summed E-state index contributed by atoms with van der Waals surface area (Å²) in [4.78, 5) is 0. The van der Waals surface area contributed by atoms with Crippen molar-refractivity contribution in [3.63, 3.8) is 0 Å². The molecule has 0 fully saturated rings.